The fourth-order valence-corrected chi connectivity index (χ4v) is 3.41. The molecule has 3 aromatic carbocycles. The first kappa shape index (κ1) is 10.6. The van der Waals surface area contributed by atoms with Gasteiger partial charge in [0.05, 0.1) is 0 Å². The number of nitrogens with zero attached hydrogens (tertiary/aromatic N) is 2. The summed E-state index contributed by atoms with van der Waals surface area (Å²) in [7, 11) is -3.59. The molecule has 0 aliphatic carbocycles. The van der Waals surface area contributed by atoms with E-state index in [1.807, 2.05) is 42.5 Å². The molecule has 0 saturated carbocycles. The number of sulfonamides is 1. The van der Waals surface area contributed by atoms with Gasteiger partial charge >= 0.3 is 10.0 Å². The molecule has 0 aromatic heterocycles. The highest BCUT2D eigenvalue weighted by molar-refractivity contribution is 7.90. The molecule has 1 heterocycles. The van der Waals surface area contributed by atoms with Gasteiger partial charge in [0.1, 0.15) is 10.6 Å². The van der Waals surface area contributed by atoms with Crippen molar-refractivity contribution in [3.05, 3.63) is 48.5 Å². The van der Waals surface area contributed by atoms with E-state index in [1.54, 1.807) is 6.07 Å². The van der Waals surface area contributed by atoms with Gasteiger partial charge in [0, 0.05) is 5.39 Å². The van der Waals surface area contributed by atoms with Gasteiger partial charge in [-0.15, -0.1) is 5.11 Å². The van der Waals surface area contributed by atoms with Gasteiger partial charge in [-0.2, -0.15) is 8.42 Å². The molecule has 0 bridgehead atoms. The lowest BCUT2D eigenvalue weighted by molar-refractivity contribution is 0.599. The van der Waals surface area contributed by atoms with E-state index in [1.165, 1.54) is 0 Å². The Kier molecular flexibility index (Phi) is 1.90. The van der Waals surface area contributed by atoms with Crippen molar-refractivity contribution in [2.45, 2.75) is 4.90 Å². The quantitative estimate of drug-likeness (QED) is 0.582. The van der Waals surface area contributed by atoms with Crippen molar-refractivity contribution < 1.29 is 8.42 Å². The third-order valence-electron chi connectivity index (χ3n) is 3.39. The Labute approximate surface area is 109 Å². The lowest BCUT2D eigenvalue weighted by Crippen LogP contribution is -1.91. The van der Waals surface area contributed by atoms with Crippen LogP contribution in [-0.2, 0) is 10.0 Å². The summed E-state index contributed by atoms with van der Waals surface area (Å²) in [5, 5.41) is 7.84. The Balaban J connectivity index is 2.24. The van der Waals surface area contributed by atoms with Crippen molar-refractivity contribution in [1.82, 2.24) is 0 Å². The molecule has 0 atom stereocenters. The molecule has 0 unspecified atom stereocenters. The minimum atomic E-state index is -3.59. The van der Waals surface area contributed by atoms with Crippen LogP contribution in [0.15, 0.2) is 63.1 Å². The first-order valence-corrected chi connectivity index (χ1v) is 7.23. The molecule has 1 aliphatic heterocycles. The van der Waals surface area contributed by atoms with E-state index >= 15 is 0 Å². The van der Waals surface area contributed by atoms with E-state index in [0.29, 0.717) is 5.69 Å². The fraction of sp³-hybridized carbons (Fsp3) is 0. The van der Waals surface area contributed by atoms with Gasteiger partial charge in [-0.25, -0.2) is 0 Å². The molecule has 3 aromatic rings. The van der Waals surface area contributed by atoms with Crippen LogP contribution in [0.2, 0.25) is 0 Å². The molecule has 1 aliphatic rings. The van der Waals surface area contributed by atoms with Crippen LogP contribution in [0.25, 0.3) is 21.5 Å². The van der Waals surface area contributed by atoms with Crippen LogP contribution in [0.1, 0.15) is 0 Å². The van der Waals surface area contributed by atoms with Crippen molar-refractivity contribution in [3.8, 4) is 0 Å². The molecule has 0 radical (unpaired) electrons. The van der Waals surface area contributed by atoms with E-state index in [2.05, 4.69) is 9.63 Å². The van der Waals surface area contributed by atoms with Crippen LogP contribution in [0.3, 0.4) is 0 Å². The van der Waals surface area contributed by atoms with Crippen molar-refractivity contribution >= 4 is 37.3 Å². The summed E-state index contributed by atoms with van der Waals surface area (Å²) in [5.41, 5.74) is 0.447. The molecule has 0 fully saturated rings. The summed E-state index contributed by atoms with van der Waals surface area (Å²) < 4.78 is 26.8. The van der Waals surface area contributed by atoms with Crippen LogP contribution in [-0.4, -0.2) is 8.42 Å². The second-order valence-electron chi connectivity index (χ2n) is 4.45. The van der Waals surface area contributed by atoms with Gasteiger partial charge in [0.15, 0.2) is 0 Å². The Morgan fingerprint density at radius 1 is 0.789 bits per heavy atom. The Morgan fingerprint density at radius 2 is 1.58 bits per heavy atom. The van der Waals surface area contributed by atoms with Gasteiger partial charge in [0.2, 0.25) is 0 Å². The minimum Gasteiger partial charge on any atom is -0.198 e. The highest BCUT2D eigenvalue weighted by atomic mass is 32.2. The van der Waals surface area contributed by atoms with Crippen molar-refractivity contribution in [3.63, 3.8) is 0 Å². The summed E-state index contributed by atoms with van der Waals surface area (Å²) in [6.45, 7) is 0. The smallest absolute Gasteiger partial charge is 0.198 e. The fourth-order valence-electron chi connectivity index (χ4n) is 2.50. The Bertz CT molecular complexity index is 975. The van der Waals surface area contributed by atoms with E-state index in [-0.39, 0.29) is 4.90 Å². The standard InChI is InChI=1S/C14H8N2O2S/c17-19(18)13-8-7-11-10-4-2-1-3-9(10)5-6-12(11)14(13)15-16-19/h1-8H. The molecule has 0 amide bonds. The predicted octanol–water partition coefficient (Wildman–Crippen LogP) is 3.78. The topological polar surface area (TPSA) is 58.9 Å². The molecule has 19 heavy (non-hydrogen) atoms. The van der Waals surface area contributed by atoms with Gasteiger partial charge in [-0.3, -0.25) is 0 Å². The number of fused-ring (bicyclic) bond motifs is 5. The number of benzene rings is 3. The molecule has 4 rings (SSSR count). The molecule has 5 heteroatoms. The minimum absolute atomic E-state index is 0.190. The second-order valence-corrected chi connectivity index (χ2v) is 6.00. The summed E-state index contributed by atoms with van der Waals surface area (Å²) in [6.07, 6.45) is 0. The van der Waals surface area contributed by atoms with E-state index < -0.39 is 10.0 Å². The van der Waals surface area contributed by atoms with Gasteiger partial charge < -0.3 is 0 Å². The average Bonchev–Trinajstić information content (AvgIpc) is 2.74. The maximum absolute atomic E-state index is 11.7. The summed E-state index contributed by atoms with van der Waals surface area (Å²) in [4.78, 5) is 0.190. The van der Waals surface area contributed by atoms with Crippen molar-refractivity contribution in [2.75, 3.05) is 0 Å². The second kappa shape index (κ2) is 3.39. The van der Waals surface area contributed by atoms with Crippen molar-refractivity contribution in [1.29, 1.82) is 0 Å². The highest BCUT2D eigenvalue weighted by Gasteiger charge is 2.26. The lowest BCUT2D eigenvalue weighted by atomic mass is 10.0. The first-order chi connectivity index (χ1) is 9.17. The molecular formula is C14H8N2O2S. The molecule has 4 nitrogen and oxygen atoms in total. The summed E-state index contributed by atoms with van der Waals surface area (Å²) >= 11 is 0. The normalized spacial score (nSPS) is 16.0. The molecular weight excluding hydrogens is 260 g/mol. The highest BCUT2D eigenvalue weighted by Crippen LogP contribution is 2.41. The molecule has 0 saturated heterocycles. The summed E-state index contributed by atoms with van der Waals surface area (Å²) in [6, 6.07) is 15.3. The zero-order valence-electron chi connectivity index (χ0n) is 9.74. The molecule has 0 N–H and O–H groups in total. The molecule has 0 spiro atoms. The van der Waals surface area contributed by atoms with Gasteiger partial charge in [-0.1, -0.05) is 47.0 Å². The van der Waals surface area contributed by atoms with Gasteiger partial charge in [-0.05, 0) is 22.2 Å². The van der Waals surface area contributed by atoms with E-state index in [0.717, 1.165) is 21.5 Å². The van der Waals surface area contributed by atoms with Crippen LogP contribution in [0.5, 0.6) is 0 Å². The number of hydrogen-bond acceptors (Lipinski definition) is 3. The van der Waals surface area contributed by atoms with Gasteiger partial charge in [0.25, 0.3) is 0 Å². The monoisotopic (exact) mass is 268 g/mol. The average molecular weight is 268 g/mol. The van der Waals surface area contributed by atoms with E-state index in [9.17, 15) is 8.42 Å². The number of hydrogen-bond donors (Lipinski definition) is 0. The van der Waals surface area contributed by atoms with Crippen LogP contribution < -0.4 is 0 Å². The lowest BCUT2D eigenvalue weighted by Gasteiger charge is -2.05. The summed E-state index contributed by atoms with van der Waals surface area (Å²) in [5.74, 6) is 0. The van der Waals surface area contributed by atoms with Crippen LogP contribution >= 0.6 is 0 Å². The third-order valence-corrected chi connectivity index (χ3v) is 4.57. The van der Waals surface area contributed by atoms with Crippen LogP contribution in [0, 0.1) is 0 Å². The Hall–Kier alpha value is -2.27. The van der Waals surface area contributed by atoms with E-state index in [4.69, 9.17) is 0 Å². The zero-order valence-corrected chi connectivity index (χ0v) is 10.6. The van der Waals surface area contributed by atoms with Crippen LogP contribution in [0.4, 0.5) is 5.69 Å². The third kappa shape index (κ3) is 1.36. The maximum Gasteiger partial charge on any atom is 0.301 e. The largest absolute Gasteiger partial charge is 0.301 e. The maximum atomic E-state index is 11.7. The number of rotatable bonds is 0. The predicted molar refractivity (Wildman–Crippen MR) is 73.2 cm³/mol. The SMILES string of the molecule is O=S1(=O)N=Nc2c1ccc1c2ccc2ccccc21. The Morgan fingerprint density at radius 3 is 2.47 bits per heavy atom. The first-order valence-electron chi connectivity index (χ1n) is 5.79. The molecule has 92 valence electrons. The zero-order chi connectivity index (χ0) is 13.0. The van der Waals surface area contributed by atoms with Crippen molar-refractivity contribution in [2.24, 2.45) is 9.63 Å².